The Kier molecular flexibility index (Phi) is 8.34. The van der Waals surface area contributed by atoms with E-state index in [0.717, 1.165) is 30.9 Å². The van der Waals surface area contributed by atoms with Crippen LogP contribution in [0.25, 0.3) is 22.3 Å². The van der Waals surface area contributed by atoms with Crippen LogP contribution in [-0.4, -0.2) is 103 Å². The Labute approximate surface area is 278 Å². The number of thiol groups is 1. The number of aromatic nitrogens is 8. The maximum absolute atomic E-state index is 13.7. The van der Waals surface area contributed by atoms with Gasteiger partial charge in [-0.3, -0.25) is 22.7 Å². The Balaban J connectivity index is 1.24. The summed E-state index contributed by atoms with van der Waals surface area (Å²) in [6.45, 7) is -10.1. The minimum absolute atomic E-state index is 0.00643. The number of nitrogens with two attached hydrogens (primary N) is 2. The standard InChI is InChI=1S/C22H28N10O12P2S2/c1-29-9-15(23)25-5-27-17(9)31(21(29)35)19-12(34)13-8(42-19)4-40-46(38,48)44-14-11(33)7(3-39-45(37,47)43-13)41-20(14)32-18-10(30(2)22(32)36)16(24)26-6-28-18/h5-8,11-14,19-20,33-34H,3-4H2,1-2H3,(H,37,47)(H,38,48)(H2,23,25,27)(H2,24,26,28)/t7-,8-,11-,12-,13-,14-,19-,20-,45?,46?/m1/s1. The molecule has 4 aromatic rings. The zero-order chi connectivity index (χ0) is 34.4. The zero-order valence-corrected chi connectivity index (χ0v) is 28.2. The second-order valence-corrected chi connectivity index (χ2v) is 16.7. The summed E-state index contributed by atoms with van der Waals surface area (Å²) in [5, 5.41) is 22.6. The van der Waals surface area contributed by atoms with Crippen molar-refractivity contribution < 1.29 is 47.2 Å². The van der Waals surface area contributed by atoms with E-state index >= 15 is 0 Å². The molecule has 26 heteroatoms. The fraction of sp³-hybridized carbons (Fsp3) is 0.545. The average Bonchev–Trinajstić information content (AvgIpc) is 3.66. The quantitative estimate of drug-likeness (QED) is 0.0956. The van der Waals surface area contributed by atoms with Gasteiger partial charge in [0.25, 0.3) is 0 Å². The maximum Gasteiger partial charge on any atom is 0.386 e. The third-order valence-corrected chi connectivity index (χ3v) is 11.4. The third kappa shape index (κ3) is 5.41. The topological polar surface area (TPSA) is 291 Å². The molecule has 0 saturated carbocycles. The van der Waals surface area contributed by atoms with Crippen molar-refractivity contribution in [1.29, 1.82) is 0 Å². The first kappa shape index (κ1) is 33.7. The number of rotatable bonds is 2. The van der Waals surface area contributed by atoms with Crippen molar-refractivity contribution in [2.75, 3.05) is 24.7 Å². The molecule has 3 aliphatic rings. The number of fused-ring (bicyclic) bond motifs is 5. The highest BCUT2D eigenvalue weighted by molar-refractivity contribution is 8.44. The van der Waals surface area contributed by atoms with Gasteiger partial charge in [0, 0.05) is 14.1 Å². The van der Waals surface area contributed by atoms with Gasteiger partial charge in [-0.15, -0.1) is 0 Å². The van der Waals surface area contributed by atoms with E-state index in [2.05, 4.69) is 32.2 Å². The van der Waals surface area contributed by atoms with Crippen LogP contribution < -0.4 is 22.8 Å². The van der Waals surface area contributed by atoms with Gasteiger partial charge in [-0.1, -0.05) is 12.2 Å². The molecule has 10 atom stereocenters. The zero-order valence-electron chi connectivity index (χ0n) is 24.7. The lowest BCUT2D eigenvalue weighted by Gasteiger charge is -2.27. The van der Waals surface area contributed by atoms with Gasteiger partial charge in [-0.2, -0.15) is 0 Å². The van der Waals surface area contributed by atoms with Crippen LogP contribution in [0.4, 0.5) is 11.6 Å². The van der Waals surface area contributed by atoms with E-state index < -0.39 is 87.2 Å². The van der Waals surface area contributed by atoms with Gasteiger partial charge in [-0.25, -0.2) is 43.2 Å². The Morgan fingerprint density at radius 3 is 1.94 bits per heavy atom. The lowest BCUT2D eigenvalue weighted by molar-refractivity contribution is -0.0602. The van der Waals surface area contributed by atoms with E-state index in [-0.39, 0.29) is 34.0 Å². The summed E-state index contributed by atoms with van der Waals surface area (Å²) < 4.78 is 52.3. The molecule has 22 nitrogen and oxygen atoms in total. The van der Waals surface area contributed by atoms with Gasteiger partial charge in [0.2, 0.25) is 0 Å². The second kappa shape index (κ2) is 11.9. The normalized spacial score (nSPS) is 36.1. The first-order chi connectivity index (χ1) is 22.6. The molecule has 3 fully saturated rings. The molecule has 3 aliphatic heterocycles. The van der Waals surface area contributed by atoms with Crippen LogP contribution in [0.5, 0.6) is 0 Å². The smallest absolute Gasteiger partial charge is 0.386 e. The van der Waals surface area contributed by atoms with Gasteiger partial charge >= 0.3 is 24.9 Å². The van der Waals surface area contributed by atoms with Gasteiger partial charge in [-0.05, 0) is 11.8 Å². The van der Waals surface area contributed by atoms with E-state index in [0.29, 0.717) is 0 Å². The number of aliphatic hydroxyl groups is 2. The van der Waals surface area contributed by atoms with Crippen molar-refractivity contribution in [2.45, 2.75) is 49.1 Å². The number of ether oxygens (including phenoxy) is 2. The number of hydrogen-bond acceptors (Lipinski definition) is 18. The number of nitrogen functional groups attached to an aromatic ring is 2. The third-order valence-electron chi connectivity index (χ3n) is 8.22. The molecule has 0 aromatic carbocycles. The van der Waals surface area contributed by atoms with Crippen molar-refractivity contribution in [3.63, 3.8) is 0 Å². The lowest BCUT2D eigenvalue weighted by atomic mass is 10.1. The van der Waals surface area contributed by atoms with Gasteiger partial charge in [0.05, 0.1) is 13.2 Å². The number of hydrogen-bond donors (Lipinski definition) is 6. The fourth-order valence-electron chi connectivity index (χ4n) is 5.99. The number of aliphatic hydroxyl groups excluding tert-OH is 2. The molecule has 2 bridgehead atoms. The summed E-state index contributed by atoms with van der Waals surface area (Å²) in [5.41, 5.74) is 10.9. The molecular weight excluding hydrogens is 722 g/mol. The summed E-state index contributed by atoms with van der Waals surface area (Å²) in [5.74, 6) is -0.0367. The Hall–Kier alpha value is -2.83. The number of imidazole rings is 2. The van der Waals surface area contributed by atoms with E-state index in [1.54, 1.807) is 0 Å². The van der Waals surface area contributed by atoms with E-state index in [4.69, 9.17) is 50.8 Å². The maximum atomic E-state index is 13.7. The summed E-state index contributed by atoms with van der Waals surface area (Å²) in [7, 11) is 2.83. The van der Waals surface area contributed by atoms with Crippen molar-refractivity contribution in [1.82, 2.24) is 38.2 Å². The lowest BCUT2D eigenvalue weighted by Crippen LogP contribution is -2.37. The summed E-state index contributed by atoms with van der Waals surface area (Å²) >= 11 is 9.29. The highest BCUT2D eigenvalue weighted by atomic mass is 32.7. The molecule has 0 aliphatic carbocycles. The summed E-state index contributed by atoms with van der Waals surface area (Å²) in [6.07, 6.45) is -10.0. The number of nitrogens with zero attached hydrogens (tertiary/aromatic N) is 8. The largest absolute Gasteiger partial charge is 0.387 e. The van der Waals surface area contributed by atoms with Gasteiger partial charge in [0.15, 0.2) is 35.4 Å². The van der Waals surface area contributed by atoms with Crippen molar-refractivity contribution >= 4 is 71.5 Å². The Morgan fingerprint density at radius 1 is 0.833 bits per heavy atom. The second-order valence-electron chi connectivity index (χ2n) is 11.1. The molecule has 0 amide bonds. The molecule has 7 N–H and O–H groups in total. The van der Waals surface area contributed by atoms with E-state index in [1.165, 1.54) is 14.1 Å². The van der Waals surface area contributed by atoms with Crippen LogP contribution in [-0.2, 0) is 58.0 Å². The van der Waals surface area contributed by atoms with Crippen LogP contribution >= 0.6 is 25.8 Å². The number of anilines is 2. The van der Waals surface area contributed by atoms with Crippen molar-refractivity contribution in [3.8, 4) is 0 Å². The Bertz CT molecular complexity index is 2160. The van der Waals surface area contributed by atoms with Crippen LogP contribution in [0.1, 0.15) is 12.5 Å². The fourth-order valence-corrected chi connectivity index (χ4v) is 8.90. The average molecular weight is 751 g/mol. The van der Waals surface area contributed by atoms with Crippen LogP contribution in [0.15, 0.2) is 22.2 Å². The highest BCUT2D eigenvalue weighted by Crippen LogP contribution is 2.58. The van der Waals surface area contributed by atoms with Crippen LogP contribution in [0, 0.1) is 0 Å². The summed E-state index contributed by atoms with van der Waals surface area (Å²) in [6, 6.07) is 0. The van der Waals surface area contributed by atoms with E-state index in [9.17, 15) is 29.3 Å². The van der Waals surface area contributed by atoms with Gasteiger partial charge in [0.1, 0.15) is 60.3 Å². The van der Waals surface area contributed by atoms with Crippen molar-refractivity contribution in [2.24, 2.45) is 14.1 Å². The molecule has 7 heterocycles. The SMILES string of the molecule is Cn1c(=O)n([C@@H]2O[C@@H]3COP(=O)(S)O[C@@H]4[C@H](O)[C@@H](COP(O)(=S)O[C@H]3[C@H]2O)O[C@H]4n2c(=O)n(C)c3c(N)ncnc32)c2ncnc(N)c21. The molecule has 0 spiro atoms. The minimum Gasteiger partial charge on any atom is -0.387 e. The molecular formula is C22H28N10O12P2S2. The molecule has 48 heavy (non-hydrogen) atoms. The van der Waals surface area contributed by atoms with Crippen LogP contribution in [0.2, 0.25) is 0 Å². The van der Waals surface area contributed by atoms with Crippen LogP contribution in [0.3, 0.4) is 0 Å². The number of aryl methyl sites for hydroxylation is 2. The first-order valence-corrected chi connectivity index (χ1v) is 19.2. The monoisotopic (exact) mass is 750 g/mol. The van der Waals surface area contributed by atoms with Gasteiger partial charge < -0.3 is 40.6 Å². The molecule has 3 saturated heterocycles. The predicted molar refractivity (Wildman–Crippen MR) is 169 cm³/mol. The molecule has 0 radical (unpaired) electrons. The highest BCUT2D eigenvalue weighted by Gasteiger charge is 2.53. The van der Waals surface area contributed by atoms with E-state index in [1.807, 2.05) is 0 Å². The molecule has 7 rings (SSSR count). The summed E-state index contributed by atoms with van der Waals surface area (Å²) in [4.78, 5) is 53.7. The minimum atomic E-state index is -4.49. The first-order valence-electron chi connectivity index (χ1n) is 13.9. The molecule has 2 unspecified atom stereocenters. The Morgan fingerprint density at radius 2 is 1.35 bits per heavy atom. The predicted octanol–water partition coefficient (Wildman–Crippen LogP) is -1.97. The molecule has 4 aromatic heterocycles. The van der Waals surface area contributed by atoms with Crippen molar-refractivity contribution in [3.05, 3.63) is 33.6 Å². The molecule has 260 valence electrons.